The number of ether oxygens (including phenoxy) is 1. The molecule has 21 heavy (non-hydrogen) atoms. The van der Waals surface area contributed by atoms with Crippen LogP contribution in [0.4, 0.5) is 0 Å². The molecule has 1 unspecified atom stereocenters. The number of hydrogen-bond acceptors (Lipinski definition) is 3. The second-order valence-corrected chi connectivity index (χ2v) is 5.31. The van der Waals surface area contributed by atoms with Crippen molar-refractivity contribution in [2.45, 2.75) is 46.1 Å². The predicted octanol–water partition coefficient (Wildman–Crippen LogP) is 2.44. The molecule has 0 saturated carbocycles. The summed E-state index contributed by atoms with van der Waals surface area (Å²) in [4.78, 5) is 22.2. The number of aryl methyl sites for hydroxylation is 2. The highest BCUT2D eigenvalue weighted by Gasteiger charge is 2.09. The van der Waals surface area contributed by atoms with Gasteiger partial charge >= 0.3 is 5.97 Å². The maximum atomic E-state index is 11.8. The van der Waals surface area contributed by atoms with Gasteiger partial charge in [0.1, 0.15) is 5.75 Å². The van der Waals surface area contributed by atoms with Gasteiger partial charge in [-0.1, -0.05) is 12.1 Å². The Morgan fingerprint density at radius 3 is 2.71 bits per heavy atom. The second kappa shape index (κ2) is 8.29. The molecule has 2 N–H and O–H groups in total. The Morgan fingerprint density at radius 2 is 2.05 bits per heavy atom. The summed E-state index contributed by atoms with van der Waals surface area (Å²) in [5.41, 5.74) is 2.07. The lowest BCUT2D eigenvalue weighted by Gasteiger charge is -2.14. The van der Waals surface area contributed by atoms with Gasteiger partial charge in [-0.3, -0.25) is 9.59 Å². The lowest BCUT2D eigenvalue weighted by molar-refractivity contribution is -0.137. The number of carboxylic acids is 1. The van der Waals surface area contributed by atoms with Crippen molar-refractivity contribution in [1.82, 2.24) is 5.32 Å². The molecule has 1 aromatic carbocycles. The van der Waals surface area contributed by atoms with Gasteiger partial charge in [0.25, 0.3) is 5.91 Å². The first kappa shape index (κ1) is 17.0. The lowest BCUT2D eigenvalue weighted by atomic mass is 10.1. The number of amides is 1. The number of nitrogens with one attached hydrogen (secondary N) is 1. The standard InChI is InChI=1S/C16H23NO4/c1-11-7-8-12(2)14(9-11)21-10-15(18)17-13(3)5-4-6-16(19)20/h7-9,13H,4-6,10H2,1-3H3,(H,17,18)(H,19,20). The summed E-state index contributed by atoms with van der Waals surface area (Å²) in [6.45, 7) is 5.73. The highest BCUT2D eigenvalue weighted by molar-refractivity contribution is 5.77. The molecule has 0 aliphatic rings. The first-order valence-electron chi connectivity index (χ1n) is 7.09. The minimum atomic E-state index is -0.813. The van der Waals surface area contributed by atoms with Crippen LogP contribution >= 0.6 is 0 Å². The number of carboxylic acid groups (broad SMARTS) is 1. The number of carbonyl (C=O) groups excluding carboxylic acids is 1. The topological polar surface area (TPSA) is 75.6 Å². The SMILES string of the molecule is Cc1ccc(C)c(OCC(=O)NC(C)CCCC(=O)O)c1. The van der Waals surface area contributed by atoms with Crippen molar-refractivity contribution in [3.8, 4) is 5.75 Å². The molecular formula is C16H23NO4. The summed E-state index contributed by atoms with van der Waals surface area (Å²) in [6, 6.07) is 5.79. The van der Waals surface area contributed by atoms with Gasteiger partial charge < -0.3 is 15.2 Å². The average Bonchev–Trinajstić information content (AvgIpc) is 2.39. The van der Waals surface area contributed by atoms with Crippen molar-refractivity contribution in [3.05, 3.63) is 29.3 Å². The van der Waals surface area contributed by atoms with Crippen molar-refractivity contribution < 1.29 is 19.4 Å². The molecule has 1 atom stereocenters. The van der Waals surface area contributed by atoms with Crippen LogP contribution in [0.5, 0.6) is 5.75 Å². The molecule has 0 bridgehead atoms. The summed E-state index contributed by atoms with van der Waals surface area (Å²) in [5, 5.41) is 11.4. The number of carbonyl (C=O) groups is 2. The molecule has 0 aliphatic carbocycles. The first-order valence-corrected chi connectivity index (χ1v) is 7.09. The van der Waals surface area contributed by atoms with Gasteiger partial charge in [0.15, 0.2) is 6.61 Å². The zero-order chi connectivity index (χ0) is 15.8. The second-order valence-electron chi connectivity index (χ2n) is 5.31. The third-order valence-electron chi connectivity index (χ3n) is 3.14. The third kappa shape index (κ3) is 6.79. The predicted molar refractivity (Wildman–Crippen MR) is 80.5 cm³/mol. The van der Waals surface area contributed by atoms with Crippen LogP contribution in [0.1, 0.15) is 37.3 Å². The van der Waals surface area contributed by atoms with E-state index in [1.54, 1.807) is 0 Å². The average molecular weight is 293 g/mol. The molecule has 0 spiro atoms. The fraction of sp³-hybridized carbons (Fsp3) is 0.500. The van der Waals surface area contributed by atoms with Crippen molar-refractivity contribution in [2.24, 2.45) is 0 Å². The summed E-state index contributed by atoms with van der Waals surface area (Å²) >= 11 is 0. The van der Waals surface area contributed by atoms with Gasteiger partial charge in [-0.25, -0.2) is 0 Å². The van der Waals surface area contributed by atoms with Crippen LogP contribution < -0.4 is 10.1 Å². The minimum absolute atomic E-state index is 0.0342. The zero-order valence-electron chi connectivity index (χ0n) is 12.8. The molecule has 0 heterocycles. The van der Waals surface area contributed by atoms with Crippen molar-refractivity contribution in [1.29, 1.82) is 0 Å². The van der Waals surface area contributed by atoms with Crippen LogP contribution in [0.3, 0.4) is 0 Å². The van der Waals surface area contributed by atoms with Gasteiger partial charge in [-0.15, -0.1) is 0 Å². The van der Waals surface area contributed by atoms with Crippen LogP contribution in [0.15, 0.2) is 18.2 Å². The monoisotopic (exact) mass is 293 g/mol. The smallest absolute Gasteiger partial charge is 0.303 e. The Kier molecular flexibility index (Phi) is 6.72. The number of benzene rings is 1. The van der Waals surface area contributed by atoms with Crippen LogP contribution in [0.2, 0.25) is 0 Å². The van der Waals surface area contributed by atoms with Gasteiger partial charge in [-0.05, 0) is 50.8 Å². The first-order chi connectivity index (χ1) is 9.88. The highest BCUT2D eigenvalue weighted by atomic mass is 16.5. The van der Waals surface area contributed by atoms with Gasteiger partial charge in [0.2, 0.25) is 0 Å². The Labute approximate surface area is 125 Å². The molecule has 0 fully saturated rings. The van der Waals surface area contributed by atoms with Gasteiger partial charge in [0, 0.05) is 12.5 Å². The Morgan fingerprint density at radius 1 is 1.33 bits per heavy atom. The number of hydrogen-bond donors (Lipinski definition) is 2. The highest BCUT2D eigenvalue weighted by Crippen LogP contribution is 2.18. The molecule has 0 aromatic heterocycles. The lowest BCUT2D eigenvalue weighted by Crippen LogP contribution is -2.36. The summed E-state index contributed by atoms with van der Waals surface area (Å²) in [7, 11) is 0. The van der Waals surface area contributed by atoms with Crippen molar-refractivity contribution in [2.75, 3.05) is 6.61 Å². The molecule has 1 amide bonds. The molecule has 1 aromatic rings. The van der Waals surface area contributed by atoms with Crippen LogP contribution in [-0.4, -0.2) is 29.6 Å². The normalized spacial score (nSPS) is 11.8. The number of aliphatic carboxylic acids is 1. The van der Waals surface area contributed by atoms with E-state index in [1.807, 2.05) is 39.0 Å². The quantitative estimate of drug-likeness (QED) is 0.772. The van der Waals surface area contributed by atoms with E-state index in [9.17, 15) is 9.59 Å². The third-order valence-corrected chi connectivity index (χ3v) is 3.14. The molecule has 1 rings (SSSR count). The molecule has 0 aliphatic heterocycles. The minimum Gasteiger partial charge on any atom is -0.483 e. The van der Waals surface area contributed by atoms with E-state index in [0.717, 1.165) is 11.1 Å². The Bertz CT molecular complexity index is 499. The summed E-state index contributed by atoms with van der Waals surface area (Å²) < 4.78 is 5.52. The van der Waals surface area contributed by atoms with E-state index in [0.29, 0.717) is 18.6 Å². The molecule has 5 nitrogen and oxygen atoms in total. The van der Waals surface area contributed by atoms with Crippen LogP contribution in [0, 0.1) is 13.8 Å². The molecule has 0 saturated heterocycles. The van der Waals surface area contributed by atoms with E-state index >= 15 is 0 Å². The van der Waals surface area contributed by atoms with E-state index in [-0.39, 0.29) is 25.0 Å². The molecular weight excluding hydrogens is 270 g/mol. The number of rotatable bonds is 8. The molecule has 0 radical (unpaired) electrons. The van der Waals surface area contributed by atoms with E-state index in [4.69, 9.17) is 9.84 Å². The van der Waals surface area contributed by atoms with Gasteiger partial charge in [0.05, 0.1) is 0 Å². The van der Waals surface area contributed by atoms with Crippen LogP contribution in [0.25, 0.3) is 0 Å². The van der Waals surface area contributed by atoms with Gasteiger partial charge in [-0.2, -0.15) is 0 Å². The largest absolute Gasteiger partial charge is 0.483 e. The van der Waals surface area contributed by atoms with Crippen molar-refractivity contribution in [3.63, 3.8) is 0 Å². The molecule has 116 valence electrons. The summed E-state index contributed by atoms with van der Waals surface area (Å²) in [6.07, 6.45) is 1.31. The Hall–Kier alpha value is -2.04. The van der Waals surface area contributed by atoms with E-state index < -0.39 is 5.97 Å². The van der Waals surface area contributed by atoms with E-state index in [1.165, 1.54) is 0 Å². The van der Waals surface area contributed by atoms with Crippen molar-refractivity contribution >= 4 is 11.9 Å². The summed E-state index contributed by atoms with van der Waals surface area (Å²) in [5.74, 6) is -0.297. The zero-order valence-corrected chi connectivity index (χ0v) is 12.8. The Balaban J connectivity index is 2.33. The van der Waals surface area contributed by atoms with E-state index in [2.05, 4.69) is 5.32 Å². The fourth-order valence-electron chi connectivity index (χ4n) is 1.95. The fourth-order valence-corrected chi connectivity index (χ4v) is 1.95. The van der Waals surface area contributed by atoms with Crippen LogP contribution in [-0.2, 0) is 9.59 Å². The maximum absolute atomic E-state index is 11.8. The maximum Gasteiger partial charge on any atom is 0.303 e. The molecule has 5 heteroatoms.